The molecule has 0 radical (unpaired) electrons. The molecule has 3 aromatic heterocycles. The highest BCUT2D eigenvalue weighted by Crippen LogP contribution is 2.45. The average molecular weight is 589 g/mol. The smallest absolute Gasteiger partial charge is 0.226 e. The van der Waals surface area contributed by atoms with Crippen molar-refractivity contribution < 1.29 is 13.5 Å². The summed E-state index contributed by atoms with van der Waals surface area (Å²) in [4.78, 5) is 21.2. The first-order valence-electron chi connectivity index (χ1n) is 14.4. The van der Waals surface area contributed by atoms with Gasteiger partial charge in [0.2, 0.25) is 5.95 Å². The van der Waals surface area contributed by atoms with E-state index in [1.165, 1.54) is 12.8 Å². The molecule has 9 nitrogen and oxygen atoms in total. The number of anilines is 2. The van der Waals surface area contributed by atoms with Gasteiger partial charge in [0, 0.05) is 66.3 Å². The largest absolute Gasteiger partial charge is 0.389 e. The van der Waals surface area contributed by atoms with Gasteiger partial charge in [-0.25, -0.2) is 18.7 Å². The van der Waals surface area contributed by atoms with Gasteiger partial charge >= 0.3 is 0 Å². The zero-order chi connectivity index (χ0) is 28.9. The lowest BCUT2D eigenvalue weighted by molar-refractivity contribution is 0.0563. The quantitative estimate of drug-likeness (QED) is 0.372. The fourth-order valence-electron chi connectivity index (χ4n) is 7.79. The third kappa shape index (κ3) is 3.63. The van der Waals surface area contributed by atoms with E-state index >= 15 is 4.39 Å². The van der Waals surface area contributed by atoms with E-state index in [9.17, 15) is 9.65 Å². The number of aromatic nitrogens is 3. The van der Waals surface area contributed by atoms with Crippen molar-refractivity contribution in [3.8, 4) is 17.3 Å². The van der Waals surface area contributed by atoms with E-state index in [0.717, 1.165) is 49.2 Å². The van der Waals surface area contributed by atoms with Gasteiger partial charge in [-0.3, -0.25) is 14.8 Å². The Balaban J connectivity index is 1.22. The van der Waals surface area contributed by atoms with Crippen LogP contribution < -0.4 is 10.6 Å². The fraction of sp³-hybridized carbons (Fsp3) is 0.467. The molecule has 0 aliphatic carbocycles. The number of rotatable bonds is 3. The minimum Gasteiger partial charge on any atom is -0.389 e. The minimum atomic E-state index is -0.600. The summed E-state index contributed by atoms with van der Waals surface area (Å²) in [5, 5.41) is 10.8. The number of likely N-dealkylation sites (N-methyl/N-ethyl adjacent to an activating group) is 1. The number of pyridine rings is 1. The number of hydrogen-bond acceptors (Lipinski definition) is 10. The molecule has 12 heteroatoms. The summed E-state index contributed by atoms with van der Waals surface area (Å²) in [5.41, 5.74) is 8.10. The highest BCUT2D eigenvalue weighted by molar-refractivity contribution is 7.23. The van der Waals surface area contributed by atoms with Gasteiger partial charge in [0.15, 0.2) is 11.6 Å². The van der Waals surface area contributed by atoms with Crippen molar-refractivity contribution in [2.75, 3.05) is 37.3 Å². The minimum absolute atomic E-state index is 0.0989. The molecule has 1 aromatic carbocycles. The van der Waals surface area contributed by atoms with Crippen molar-refractivity contribution in [1.29, 1.82) is 5.26 Å². The normalized spacial score (nSPS) is 26.0. The molecular formula is C30H30F2N8OS. The van der Waals surface area contributed by atoms with E-state index in [1.807, 2.05) is 0 Å². The summed E-state index contributed by atoms with van der Waals surface area (Å²) >= 11 is 0.965. The molecule has 3 fully saturated rings. The molecule has 0 saturated carbocycles. The zero-order valence-electron chi connectivity index (χ0n) is 23.4. The number of piperazine rings is 1. The highest BCUT2D eigenvalue weighted by atomic mass is 32.1. The molecule has 4 aliphatic rings. The van der Waals surface area contributed by atoms with Crippen LogP contribution in [0, 0.1) is 23.0 Å². The van der Waals surface area contributed by atoms with Gasteiger partial charge in [0.1, 0.15) is 16.6 Å². The molecule has 4 aromatic rings. The van der Waals surface area contributed by atoms with E-state index in [1.54, 1.807) is 6.20 Å². The van der Waals surface area contributed by atoms with Crippen LogP contribution in [0.5, 0.6) is 0 Å². The lowest BCUT2D eigenvalue weighted by atomic mass is 9.94. The monoisotopic (exact) mass is 588 g/mol. The van der Waals surface area contributed by atoms with Gasteiger partial charge < -0.3 is 15.4 Å². The van der Waals surface area contributed by atoms with E-state index in [4.69, 9.17) is 20.4 Å². The summed E-state index contributed by atoms with van der Waals surface area (Å²) in [7, 11) is 2.25. The number of benzene rings is 1. The number of nitrogen functional groups attached to an aromatic ring is 1. The van der Waals surface area contributed by atoms with Gasteiger partial charge in [-0.1, -0.05) is 0 Å². The van der Waals surface area contributed by atoms with Gasteiger partial charge in [0.05, 0.1) is 35.4 Å². The number of thiophene rings is 1. The maximum absolute atomic E-state index is 16.7. The first kappa shape index (κ1) is 26.2. The molecule has 7 heterocycles. The number of nitrogens with two attached hydrogens (primary N) is 1. The summed E-state index contributed by atoms with van der Waals surface area (Å²) in [6.07, 6.45) is 6.28. The van der Waals surface area contributed by atoms with E-state index < -0.39 is 11.6 Å². The fourth-order valence-corrected chi connectivity index (χ4v) is 8.71. The number of likely N-dealkylation sites (tertiary alicyclic amines) is 1. The predicted molar refractivity (Wildman–Crippen MR) is 157 cm³/mol. The standard InChI is InChI=1S/C30H30F2N8OS/c1-14-22(39-10-15-3-4-16(11-39)38(15)2)5-6-40(14)30-36-8-18-19-12-41-13-20(19)23(25(32)26(18)37-30)27-24-17(7-33)29(34)42-28(24)21(31)9-35-27/h8-9,14-16,22H,3-6,10-13,34H2,1-2H3/t14-,15?,16?,22-/m0/s1. The molecule has 216 valence electrons. The molecule has 42 heavy (non-hydrogen) atoms. The number of hydrogen-bond donors (Lipinski definition) is 1. The summed E-state index contributed by atoms with van der Waals surface area (Å²) < 4.78 is 37.4. The van der Waals surface area contributed by atoms with Crippen molar-refractivity contribution in [2.24, 2.45) is 0 Å². The topological polar surface area (TPSA) is 107 Å². The van der Waals surface area contributed by atoms with Crippen molar-refractivity contribution in [2.45, 2.75) is 63.6 Å². The molecule has 3 saturated heterocycles. The van der Waals surface area contributed by atoms with Crippen LogP contribution in [0.3, 0.4) is 0 Å². The van der Waals surface area contributed by atoms with Crippen LogP contribution in [-0.2, 0) is 18.0 Å². The molecule has 4 aliphatic heterocycles. The predicted octanol–water partition coefficient (Wildman–Crippen LogP) is 4.41. The van der Waals surface area contributed by atoms with Crippen LogP contribution in [0.4, 0.5) is 19.7 Å². The van der Waals surface area contributed by atoms with Gasteiger partial charge in [0.25, 0.3) is 0 Å². The van der Waals surface area contributed by atoms with Crippen LogP contribution in [0.25, 0.3) is 32.2 Å². The van der Waals surface area contributed by atoms with E-state index in [0.29, 0.717) is 35.0 Å². The maximum atomic E-state index is 16.7. The Kier molecular flexibility index (Phi) is 5.92. The molecule has 2 bridgehead atoms. The first-order valence-corrected chi connectivity index (χ1v) is 15.2. The van der Waals surface area contributed by atoms with Gasteiger partial charge in [-0.2, -0.15) is 5.26 Å². The Labute approximate surface area is 245 Å². The Morgan fingerprint density at radius 2 is 1.86 bits per heavy atom. The van der Waals surface area contributed by atoms with Crippen molar-refractivity contribution >= 4 is 43.3 Å². The molecule has 2 unspecified atom stereocenters. The SMILES string of the molecule is C[C@H]1[C@@H](N2CC3CCC(C2)N3C)CCN1c1ncc2c3c(c(-c4ncc(F)c5sc(N)c(C#N)c45)c(F)c2n1)COC3. The maximum Gasteiger partial charge on any atom is 0.226 e. The third-order valence-electron chi connectivity index (χ3n) is 10.0. The van der Waals surface area contributed by atoms with Gasteiger partial charge in [-0.05, 0) is 44.4 Å². The van der Waals surface area contributed by atoms with Crippen LogP contribution in [0.1, 0.15) is 42.9 Å². The molecule has 2 N–H and O–H groups in total. The lowest BCUT2D eigenvalue weighted by Gasteiger charge is -2.43. The van der Waals surface area contributed by atoms with Crippen LogP contribution in [0.15, 0.2) is 12.4 Å². The van der Waals surface area contributed by atoms with E-state index in [2.05, 4.69) is 39.7 Å². The molecule has 4 atom stereocenters. The van der Waals surface area contributed by atoms with Crippen LogP contribution in [0.2, 0.25) is 0 Å². The zero-order valence-corrected chi connectivity index (χ0v) is 24.2. The summed E-state index contributed by atoms with van der Waals surface area (Å²) in [6.45, 7) is 5.61. The number of halogens is 2. The Morgan fingerprint density at radius 1 is 1.10 bits per heavy atom. The number of nitriles is 1. The van der Waals surface area contributed by atoms with Crippen molar-refractivity contribution in [3.63, 3.8) is 0 Å². The third-order valence-corrected chi connectivity index (χ3v) is 11.1. The molecule has 0 amide bonds. The summed E-state index contributed by atoms with van der Waals surface area (Å²) in [6, 6.07) is 3.86. The molecular weight excluding hydrogens is 558 g/mol. The Bertz CT molecular complexity index is 1810. The summed E-state index contributed by atoms with van der Waals surface area (Å²) in [5.74, 6) is -0.685. The first-order chi connectivity index (χ1) is 20.4. The number of nitrogens with zero attached hydrogens (tertiary/aromatic N) is 7. The second-order valence-electron chi connectivity index (χ2n) is 12.0. The Hall–Kier alpha value is -3.50. The number of ether oxygens (including phenoxy) is 1. The average Bonchev–Trinajstić information content (AvgIpc) is 3.74. The Morgan fingerprint density at radius 3 is 2.62 bits per heavy atom. The second kappa shape index (κ2) is 9.50. The number of fused-ring (bicyclic) bond motifs is 6. The highest BCUT2D eigenvalue weighted by Gasteiger charge is 2.44. The van der Waals surface area contributed by atoms with Gasteiger partial charge in [-0.15, -0.1) is 11.3 Å². The lowest BCUT2D eigenvalue weighted by Crippen LogP contribution is -2.57. The second-order valence-corrected chi connectivity index (χ2v) is 13.0. The molecule has 8 rings (SSSR count). The van der Waals surface area contributed by atoms with Crippen molar-refractivity contribution in [1.82, 2.24) is 24.8 Å². The van der Waals surface area contributed by atoms with E-state index in [-0.39, 0.29) is 56.7 Å². The van der Waals surface area contributed by atoms with Crippen LogP contribution in [-0.4, -0.2) is 75.6 Å². The van der Waals surface area contributed by atoms with Crippen molar-refractivity contribution in [3.05, 3.63) is 40.7 Å². The van der Waals surface area contributed by atoms with Crippen LogP contribution >= 0.6 is 11.3 Å². The molecule has 0 spiro atoms.